The number of aromatic nitrogens is 4. The molecule has 45 heavy (non-hydrogen) atoms. The lowest BCUT2D eigenvalue weighted by molar-refractivity contribution is -0.140. The fourth-order valence-electron chi connectivity index (χ4n) is 5.59. The van der Waals surface area contributed by atoms with Crippen molar-refractivity contribution in [3.05, 3.63) is 114 Å². The number of hydrogen-bond donors (Lipinski definition) is 1. The maximum atomic E-state index is 14.3. The van der Waals surface area contributed by atoms with Crippen LogP contribution in [-0.4, -0.2) is 63.0 Å². The Bertz CT molecular complexity index is 1730. The van der Waals surface area contributed by atoms with Gasteiger partial charge in [-0.25, -0.2) is 4.68 Å². The van der Waals surface area contributed by atoms with Crippen molar-refractivity contribution in [1.82, 2.24) is 24.9 Å². The molecule has 3 aromatic carbocycles. The number of fused-ring (bicyclic) bond motifs is 1. The first kappa shape index (κ1) is 30.0. The van der Waals surface area contributed by atoms with Gasteiger partial charge in [0.05, 0.1) is 18.7 Å². The van der Waals surface area contributed by atoms with Crippen molar-refractivity contribution in [2.24, 2.45) is 0 Å². The molecule has 0 aliphatic carbocycles. The summed E-state index contributed by atoms with van der Waals surface area (Å²) in [5, 5.41) is 11.6. The number of para-hydroxylation sites is 1. The van der Waals surface area contributed by atoms with Crippen molar-refractivity contribution < 1.29 is 14.3 Å². The van der Waals surface area contributed by atoms with E-state index >= 15 is 0 Å². The number of benzene rings is 3. The Labute approximate surface area is 262 Å². The van der Waals surface area contributed by atoms with Gasteiger partial charge in [0.1, 0.15) is 18.1 Å². The van der Waals surface area contributed by atoms with E-state index in [1.165, 1.54) is 0 Å². The minimum atomic E-state index is -0.923. The van der Waals surface area contributed by atoms with E-state index in [4.69, 9.17) is 4.74 Å². The molecule has 1 aliphatic heterocycles. The van der Waals surface area contributed by atoms with Gasteiger partial charge in [0, 0.05) is 43.4 Å². The zero-order valence-electron chi connectivity index (χ0n) is 25.5. The molecule has 0 spiro atoms. The van der Waals surface area contributed by atoms with E-state index < -0.39 is 6.04 Å². The zero-order chi connectivity index (χ0) is 31.2. The van der Waals surface area contributed by atoms with Crippen LogP contribution in [0.15, 0.2) is 97.3 Å². The quantitative estimate of drug-likeness (QED) is 0.234. The lowest BCUT2D eigenvalue weighted by Crippen LogP contribution is -2.42. The summed E-state index contributed by atoms with van der Waals surface area (Å²) in [6, 6.07) is 26.0. The molecule has 10 heteroatoms. The standard InChI is InChI=1S/C35H37N7O3/c1-25(2)27-9-11-28(12-10-27)34(35(44)37-29-13-15-30(16-14-29)40-18-20-45-21-19-40)41(23-26-6-5-17-36-22-26)33(43)24-42-32-8-4-3-7-31(32)38-39-42/h3-17,22,25,34H,18-21,23-24H2,1-2H3,(H,37,44). The molecule has 1 saturated heterocycles. The second kappa shape index (κ2) is 13.7. The average Bonchev–Trinajstić information content (AvgIpc) is 3.48. The van der Waals surface area contributed by atoms with Crippen LogP contribution in [0.1, 0.15) is 42.5 Å². The Kier molecular flexibility index (Phi) is 9.11. The maximum absolute atomic E-state index is 14.3. The third-order valence-corrected chi connectivity index (χ3v) is 8.09. The highest BCUT2D eigenvalue weighted by molar-refractivity contribution is 5.98. The number of anilines is 2. The summed E-state index contributed by atoms with van der Waals surface area (Å²) in [6.07, 6.45) is 3.40. The van der Waals surface area contributed by atoms with Crippen LogP contribution in [0.3, 0.4) is 0 Å². The Balaban J connectivity index is 1.34. The lowest BCUT2D eigenvalue weighted by atomic mass is 9.97. The summed E-state index contributed by atoms with van der Waals surface area (Å²) >= 11 is 0. The molecule has 2 amide bonds. The molecule has 6 rings (SSSR count). The molecule has 1 unspecified atom stereocenters. The molecule has 0 bridgehead atoms. The summed E-state index contributed by atoms with van der Waals surface area (Å²) in [5.74, 6) is -0.262. The number of carbonyl (C=O) groups is 2. The first-order chi connectivity index (χ1) is 22.0. The molecule has 1 N–H and O–H groups in total. The van der Waals surface area contributed by atoms with E-state index in [1.54, 1.807) is 22.0 Å². The predicted octanol–water partition coefficient (Wildman–Crippen LogP) is 5.20. The first-order valence-corrected chi connectivity index (χ1v) is 15.3. The summed E-state index contributed by atoms with van der Waals surface area (Å²) in [4.78, 5) is 36.7. The molecule has 10 nitrogen and oxygen atoms in total. The van der Waals surface area contributed by atoms with E-state index in [9.17, 15) is 9.59 Å². The zero-order valence-corrected chi connectivity index (χ0v) is 25.5. The van der Waals surface area contributed by atoms with Gasteiger partial charge in [-0.05, 0) is 65.1 Å². The van der Waals surface area contributed by atoms with E-state index in [0.717, 1.165) is 35.4 Å². The number of carbonyl (C=O) groups excluding carboxylic acids is 2. The number of hydrogen-bond acceptors (Lipinski definition) is 7. The smallest absolute Gasteiger partial charge is 0.251 e. The first-order valence-electron chi connectivity index (χ1n) is 15.3. The molecule has 3 heterocycles. The van der Waals surface area contributed by atoms with Gasteiger partial charge in [-0.15, -0.1) is 5.10 Å². The molecule has 2 aromatic heterocycles. The number of nitrogens with one attached hydrogen (secondary N) is 1. The number of rotatable bonds is 10. The van der Waals surface area contributed by atoms with Gasteiger partial charge in [-0.3, -0.25) is 14.6 Å². The van der Waals surface area contributed by atoms with Crippen LogP contribution < -0.4 is 10.2 Å². The van der Waals surface area contributed by atoms with E-state index in [0.29, 0.717) is 35.9 Å². The normalized spacial score (nSPS) is 14.0. The third-order valence-electron chi connectivity index (χ3n) is 8.09. The number of amides is 2. The highest BCUT2D eigenvalue weighted by Gasteiger charge is 2.32. The molecule has 5 aromatic rings. The minimum absolute atomic E-state index is 0.0805. The summed E-state index contributed by atoms with van der Waals surface area (Å²) in [5.41, 5.74) is 5.83. The van der Waals surface area contributed by atoms with Crippen LogP contribution in [0.5, 0.6) is 0 Å². The van der Waals surface area contributed by atoms with E-state index in [-0.39, 0.29) is 24.9 Å². The van der Waals surface area contributed by atoms with Crippen molar-refractivity contribution >= 4 is 34.2 Å². The molecule has 0 radical (unpaired) electrons. The van der Waals surface area contributed by atoms with Crippen LogP contribution in [0.25, 0.3) is 11.0 Å². The van der Waals surface area contributed by atoms with Crippen molar-refractivity contribution in [2.75, 3.05) is 36.5 Å². The minimum Gasteiger partial charge on any atom is -0.378 e. The van der Waals surface area contributed by atoms with Crippen LogP contribution in [0.4, 0.5) is 11.4 Å². The van der Waals surface area contributed by atoms with Gasteiger partial charge in [-0.2, -0.15) is 0 Å². The van der Waals surface area contributed by atoms with Crippen molar-refractivity contribution in [3.8, 4) is 0 Å². The largest absolute Gasteiger partial charge is 0.378 e. The van der Waals surface area contributed by atoms with Crippen molar-refractivity contribution in [2.45, 2.75) is 38.9 Å². The van der Waals surface area contributed by atoms with Crippen LogP contribution in [0, 0.1) is 0 Å². The Hall–Kier alpha value is -5.09. The highest BCUT2D eigenvalue weighted by atomic mass is 16.5. The van der Waals surface area contributed by atoms with Gasteiger partial charge in [-0.1, -0.05) is 61.5 Å². The number of pyridine rings is 1. The van der Waals surface area contributed by atoms with Crippen molar-refractivity contribution in [1.29, 1.82) is 0 Å². The summed E-state index contributed by atoms with van der Waals surface area (Å²) in [7, 11) is 0. The SMILES string of the molecule is CC(C)c1ccc(C(C(=O)Nc2ccc(N3CCOCC3)cc2)N(Cc2cccnc2)C(=O)Cn2nnc3ccccc32)cc1. The Morgan fingerprint density at radius 3 is 2.36 bits per heavy atom. The number of nitrogens with zero attached hydrogens (tertiary/aromatic N) is 6. The monoisotopic (exact) mass is 603 g/mol. The number of morpholine rings is 1. The fourth-order valence-corrected chi connectivity index (χ4v) is 5.59. The highest BCUT2D eigenvalue weighted by Crippen LogP contribution is 2.28. The van der Waals surface area contributed by atoms with Gasteiger partial charge >= 0.3 is 0 Å². The van der Waals surface area contributed by atoms with Gasteiger partial charge in [0.25, 0.3) is 5.91 Å². The molecule has 230 valence electrons. The fraction of sp³-hybridized carbons (Fsp3) is 0.286. The van der Waals surface area contributed by atoms with Gasteiger partial charge < -0.3 is 19.9 Å². The van der Waals surface area contributed by atoms with Crippen LogP contribution in [0.2, 0.25) is 0 Å². The van der Waals surface area contributed by atoms with Crippen LogP contribution in [-0.2, 0) is 27.4 Å². The molecular weight excluding hydrogens is 566 g/mol. The topological polar surface area (TPSA) is 105 Å². The summed E-state index contributed by atoms with van der Waals surface area (Å²) in [6.45, 7) is 7.39. The second-order valence-electron chi connectivity index (χ2n) is 11.5. The molecule has 1 fully saturated rings. The lowest BCUT2D eigenvalue weighted by Gasteiger charge is -2.32. The van der Waals surface area contributed by atoms with Gasteiger partial charge in [0.2, 0.25) is 5.91 Å². The Morgan fingerprint density at radius 1 is 0.911 bits per heavy atom. The maximum Gasteiger partial charge on any atom is 0.251 e. The summed E-state index contributed by atoms with van der Waals surface area (Å²) < 4.78 is 7.06. The second-order valence-corrected chi connectivity index (χ2v) is 11.5. The average molecular weight is 604 g/mol. The van der Waals surface area contributed by atoms with Gasteiger partial charge in [0.15, 0.2) is 0 Å². The molecule has 1 atom stereocenters. The molecular formula is C35H37N7O3. The van der Waals surface area contributed by atoms with Crippen LogP contribution >= 0.6 is 0 Å². The van der Waals surface area contributed by atoms with E-state index in [1.807, 2.05) is 84.9 Å². The number of ether oxygens (including phenoxy) is 1. The predicted molar refractivity (Wildman–Crippen MR) is 174 cm³/mol. The van der Waals surface area contributed by atoms with Crippen molar-refractivity contribution in [3.63, 3.8) is 0 Å². The molecule has 0 saturated carbocycles. The molecule has 1 aliphatic rings. The Morgan fingerprint density at radius 2 is 1.64 bits per heavy atom. The van der Waals surface area contributed by atoms with E-state index in [2.05, 4.69) is 39.4 Å². The third kappa shape index (κ3) is 7.02.